The van der Waals surface area contributed by atoms with Gasteiger partial charge in [0, 0.05) is 17.6 Å². The fourth-order valence-corrected chi connectivity index (χ4v) is 2.72. The molecule has 1 unspecified atom stereocenters. The van der Waals surface area contributed by atoms with Gasteiger partial charge in [-0.25, -0.2) is 4.39 Å². The number of rotatable bonds is 3. The van der Waals surface area contributed by atoms with E-state index in [4.69, 9.17) is 0 Å². The van der Waals surface area contributed by atoms with Crippen LogP contribution in [-0.4, -0.2) is 29.2 Å². The van der Waals surface area contributed by atoms with Gasteiger partial charge in [-0.3, -0.25) is 4.90 Å². The molecule has 0 radical (unpaired) electrons. The Morgan fingerprint density at radius 1 is 1.35 bits per heavy atom. The van der Waals surface area contributed by atoms with E-state index in [1.807, 2.05) is 26.1 Å². The molecule has 0 spiro atoms. The van der Waals surface area contributed by atoms with Gasteiger partial charge in [0.15, 0.2) is 0 Å². The van der Waals surface area contributed by atoms with E-state index < -0.39 is 0 Å². The van der Waals surface area contributed by atoms with E-state index in [0.717, 1.165) is 19.3 Å². The average Bonchev–Trinajstić information content (AvgIpc) is 2.74. The molecule has 1 aliphatic carbocycles. The summed E-state index contributed by atoms with van der Waals surface area (Å²) in [5.74, 6) is -0.167. The zero-order chi connectivity index (χ0) is 12.4. The highest BCUT2D eigenvalue weighted by atomic mass is 19.1. The van der Waals surface area contributed by atoms with Crippen molar-refractivity contribution >= 4 is 0 Å². The molecule has 0 saturated heterocycles. The molecule has 1 saturated carbocycles. The third-order valence-corrected chi connectivity index (χ3v) is 3.93. The maximum Gasteiger partial charge on any atom is 0.127 e. The highest BCUT2D eigenvalue weighted by molar-refractivity contribution is 5.21. The van der Waals surface area contributed by atoms with E-state index in [2.05, 4.69) is 4.90 Å². The van der Waals surface area contributed by atoms with Gasteiger partial charge >= 0.3 is 0 Å². The van der Waals surface area contributed by atoms with Crippen LogP contribution < -0.4 is 0 Å². The first kappa shape index (κ1) is 12.5. The summed E-state index contributed by atoms with van der Waals surface area (Å²) >= 11 is 0. The average molecular weight is 237 g/mol. The minimum Gasteiger partial charge on any atom is -0.391 e. The molecule has 0 aromatic heterocycles. The maximum atomic E-state index is 13.7. The monoisotopic (exact) mass is 237 g/mol. The first-order chi connectivity index (χ1) is 8.11. The smallest absolute Gasteiger partial charge is 0.127 e. The minimum absolute atomic E-state index is 0.00560. The van der Waals surface area contributed by atoms with Crippen LogP contribution in [0.3, 0.4) is 0 Å². The van der Waals surface area contributed by atoms with Crippen molar-refractivity contribution in [1.29, 1.82) is 0 Å². The summed E-state index contributed by atoms with van der Waals surface area (Å²) in [6.07, 6.45) is 2.64. The Morgan fingerprint density at radius 3 is 2.65 bits per heavy atom. The van der Waals surface area contributed by atoms with Crippen molar-refractivity contribution in [2.45, 2.75) is 44.4 Å². The quantitative estimate of drug-likeness (QED) is 0.873. The van der Waals surface area contributed by atoms with Gasteiger partial charge in [0.1, 0.15) is 5.82 Å². The molecular weight excluding hydrogens is 217 g/mol. The van der Waals surface area contributed by atoms with Crippen molar-refractivity contribution in [3.63, 3.8) is 0 Å². The lowest BCUT2D eigenvalue weighted by molar-refractivity contribution is 0.0646. The van der Waals surface area contributed by atoms with Crippen LogP contribution in [0.2, 0.25) is 0 Å². The molecule has 1 N–H and O–H groups in total. The highest BCUT2D eigenvalue weighted by Crippen LogP contribution is 2.30. The first-order valence-electron chi connectivity index (χ1n) is 6.25. The Hall–Kier alpha value is -0.930. The van der Waals surface area contributed by atoms with Crippen LogP contribution in [0.1, 0.15) is 37.8 Å². The van der Waals surface area contributed by atoms with Gasteiger partial charge in [0.2, 0.25) is 0 Å². The van der Waals surface area contributed by atoms with Crippen LogP contribution in [0.15, 0.2) is 24.3 Å². The van der Waals surface area contributed by atoms with Crippen LogP contribution in [0.5, 0.6) is 0 Å². The molecular formula is C14H20FNO. The Bertz CT molecular complexity index is 382. The van der Waals surface area contributed by atoms with Gasteiger partial charge in [0.25, 0.3) is 0 Å². The van der Waals surface area contributed by atoms with E-state index in [-0.39, 0.29) is 24.0 Å². The van der Waals surface area contributed by atoms with E-state index in [1.54, 1.807) is 6.07 Å². The van der Waals surface area contributed by atoms with Crippen molar-refractivity contribution in [3.05, 3.63) is 35.6 Å². The normalized spacial score (nSPS) is 26.4. The number of aliphatic hydroxyl groups excluding tert-OH is 1. The molecule has 1 aromatic rings. The molecule has 2 rings (SSSR count). The summed E-state index contributed by atoms with van der Waals surface area (Å²) in [5, 5.41) is 9.89. The Labute approximate surface area is 102 Å². The predicted molar refractivity (Wildman–Crippen MR) is 66.2 cm³/mol. The molecule has 0 bridgehead atoms. The Balaban J connectivity index is 2.14. The summed E-state index contributed by atoms with van der Waals surface area (Å²) in [6, 6.07) is 7.02. The molecule has 3 heteroatoms. The van der Waals surface area contributed by atoms with Crippen molar-refractivity contribution in [1.82, 2.24) is 4.90 Å². The van der Waals surface area contributed by atoms with E-state index in [9.17, 15) is 9.50 Å². The number of likely N-dealkylation sites (N-methyl/N-ethyl adjacent to an activating group) is 1. The third-order valence-electron chi connectivity index (χ3n) is 3.93. The van der Waals surface area contributed by atoms with Crippen LogP contribution in [0.25, 0.3) is 0 Å². The summed E-state index contributed by atoms with van der Waals surface area (Å²) in [4.78, 5) is 2.09. The molecule has 2 nitrogen and oxygen atoms in total. The molecule has 0 aliphatic heterocycles. The zero-order valence-electron chi connectivity index (χ0n) is 10.4. The summed E-state index contributed by atoms with van der Waals surface area (Å²) in [7, 11) is 1.97. The highest BCUT2D eigenvalue weighted by Gasteiger charge is 2.31. The minimum atomic E-state index is -0.269. The third kappa shape index (κ3) is 2.50. The molecule has 1 aliphatic rings. The van der Waals surface area contributed by atoms with E-state index in [1.165, 1.54) is 6.07 Å². The van der Waals surface area contributed by atoms with Gasteiger partial charge in [-0.2, -0.15) is 0 Å². The van der Waals surface area contributed by atoms with Crippen LogP contribution in [0, 0.1) is 5.82 Å². The molecule has 0 heterocycles. The maximum absolute atomic E-state index is 13.7. The number of nitrogens with zero attached hydrogens (tertiary/aromatic N) is 1. The number of benzene rings is 1. The second-order valence-electron chi connectivity index (χ2n) is 4.93. The van der Waals surface area contributed by atoms with Gasteiger partial charge in [-0.05, 0) is 39.3 Å². The molecule has 1 aromatic carbocycles. The zero-order valence-corrected chi connectivity index (χ0v) is 10.4. The van der Waals surface area contributed by atoms with Crippen molar-refractivity contribution in [2.75, 3.05) is 7.05 Å². The second kappa shape index (κ2) is 5.15. The second-order valence-corrected chi connectivity index (χ2v) is 4.93. The topological polar surface area (TPSA) is 23.5 Å². The fraction of sp³-hybridized carbons (Fsp3) is 0.571. The fourth-order valence-electron chi connectivity index (χ4n) is 2.72. The van der Waals surface area contributed by atoms with Crippen molar-refractivity contribution < 1.29 is 9.50 Å². The summed E-state index contributed by atoms with van der Waals surface area (Å²) < 4.78 is 13.7. The van der Waals surface area contributed by atoms with Crippen LogP contribution >= 0.6 is 0 Å². The van der Waals surface area contributed by atoms with Crippen LogP contribution in [-0.2, 0) is 0 Å². The lowest BCUT2D eigenvalue weighted by Crippen LogP contribution is -2.39. The largest absolute Gasteiger partial charge is 0.391 e. The Kier molecular flexibility index (Phi) is 3.79. The standard InChI is InChI=1S/C14H20FNO/c1-10(11-6-3-4-7-12(11)15)16(2)13-8-5-9-14(13)17/h3-4,6-7,10,13-14,17H,5,8-9H2,1-2H3/t10?,13-,14-/m0/s1. The van der Waals surface area contributed by atoms with Gasteiger partial charge in [-0.1, -0.05) is 18.2 Å². The van der Waals surface area contributed by atoms with Crippen molar-refractivity contribution in [3.8, 4) is 0 Å². The van der Waals surface area contributed by atoms with E-state index in [0.29, 0.717) is 5.56 Å². The number of halogens is 1. The SMILES string of the molecule is CC(c1ccccc1F)N(C)[C@H]1CCC[C@@H]1O. The molecule has 94 valence electrons. The molecule has 0 amide bonds. The van der Waals surface area contributed by atoms with Gasteiger partial charge in [0.05, 0.1) is 6.10 Å². The van der Waals surface area contributed by atoms with Crippen LogP contribution in [0.4, 0.5) is 4.39 Å². The lowest BCUT2D eigenvalue weighted by atomic mass is 10.0. The summed E-state index contributed by atoms with van der Waals surface area (Å²) in [6.45, 7) is 1.99. The summed E-state index contributed by atoms with van der Waals surface area (Å²) in [5.41, 5.74) is 0.703. The molecule has 3 atom stereocenters. The lowest BCUT2D eigenvalue weighted by Gasteiger charge is -2.33. The Morgan fingerprint density at radius 2 is 2.06 bits per heavy atom. The van der Waals surface area contributed by atoms with Crippen molar-refractivity contribution in [2.24, 2.45) is 0 Å². The molecule has 1 fully saturated rings. The first-order valence-corrected chi connectivity index (χ1v) is 6.25. The predicted octanol–water partition coefficient (Wildman–Crippen LogP) is 2.73. The van der Waals surface area contributed by atoms with E-state index >= 15 is 0 Å². The number of aliphatic hydroxyl groups is 1. The van der Waals surface area contributed by atoms with Gasteiger partial charge < -0.3 is 5.11 Å². The number of hydrogen-bond acceptors (Lipinski definition) is 2. The van der Waals surface area contributed by atoms with Gasteiger partial charge in [-0.15, -0.1) is 0 Å². The molecule has 17 heavy (non-hydrogen) atoms. The number of hydrogen-bond donors (Lipinski definition) is 1.